The highest BCUT2D eigenvalue weighted by Crippen LogP contribution is 2.29. The van der Waals surface area contributed by atoms with E-state index in [0.717, 1.165) is 0 Å². The van der Waals surface area contributed by atoms with E-state index in [9.17, 15) is 9.59 Å². The van der Waals surface area contributed by atoms with Gasteiger partial charge in [0, 0.05) is 0 Å². The third-order valence-corrected chi connectivity index (χ3v) is 2.55. The van der Waals surface area contributed by atoms with Gasteiger partial charge in [0.25, 0.3) is 0 Å². The number of carbonyl (C=O) groups is 2. The second-order valence-corrected chi connectivity index (χ2v) is 4.38. The largest absolute Gasteiger partial charge is 0.361 e. The SMILES string of the molecule is CC(C)C(NC(=O)CN)C(=O)C1(C)CO1. The number of ether oxygens (including phenoxy) is 1. The highest BCUT2D eigenvalue weighted by Gasteiger charge is 2.50. The third-order valence-electron chi connectivity index (χ3n) is 2.55. The summed E-state index contributed by atoms with van der Waals surface area (Å²) in [4.78, 5) is 23.1. The molecule has 0 aromatic heterocycles. The van der Waals surface area contributed by atoms with E-state index in [1.807, 2.05) is 13.8 Å². The third kappa shape index (κ3) is 2.76. The standard InChI is InChI=1S/C10H18N2O3/c1-6(2)8(12-7(13)4-11)9(14)10(3)5-15-10/h6,8H,4-5,11H2,1-3H3,(H,12,13). The van der Waals surface area contributed by atoms with Crippen LogP contribution in [-0.4, -0.2) is 36.5 Å². The molecule has 1 aliphatic rings. The van der Waals surface area contributed by atoms with E-state index >= 15 is 0 Å². The summed E-state index contributed by atoms with van der Waals surface area (Å²) in [6, 6.07) is -0.506. The predicted molar refractivity (Wildman–Crippen MR) is 55.2 cm³/mol. The molecule has 2 atom stereocenters. The first-order valence-electron chi connectivity index (χ1n) is 5.08. The summed E-state index contributed by atoms with van der Waals surface area (Å²) in [5.41, 5.74) is 4.49. The summed E-state index contributed by atoms with van der Waals surface area (Å²) < 4.78 is 5.07. The summed E-state index contributed by atoms with van der Waals surface area (Å²) >= 11 is 0. The van der Waals surface area contributed by atoms with Crippen LogP contribution in [0.25, 0.3) is 0 Å². The zero-order valence-corrected chi connectivity index (χ0v) is 9.37. The molecule has 1 heterocycles. The highest BCUT2D eigenvalue weighted by molar-refractivity contribution is 5.96. The van der Waals surface area contributed by atoms with Gasteiger partial charge in [-0.2, -0.15) is 0 Å². The van der Waals surface area contributed by atoms with E-state index in [1.54, 1.807) is 6.92 Å². The van der Waals surface area contributed by atoms with Crippen molar-refractivity contribution in [1.29, 1.82) is 0 Å². The van der Waals surface area contributed by atoms with E-state index in [0.29, 0.717) is 6.61 Å². The lowest BCUT2D eigenvalue weighted by Gasteiger charge is -2.22. The minimum Gasteiger partial charge on any atom is -0.361 e. The number of epoxide rings is 1. The number of ketones is 1. The number of hydrogen-bond acceptors (Lipinski definition) is 4. The van der Waals surface area contributed by atoms with Gasteiger partial charge in [-0.15, -0.1) is 0 Å². The fourth-order valence-corrected chi connectivity index (χ4v) is 1.35. The predicted octanol–water partition coefficient (Wildman–Crippen LogP) is -0.556. The van der Waals surface area contributed by atoms with Crippen LogP contribution in [0.4, 0.5) is 0 Å². The first-order valence-corrected chi connectivity index (χ1v) is 5.08. The molecule has 2 unspecified atom stereocenters. The monoisotopic (exact) mass is 214 g/mol. The van der Waals surface area contributed by atoms with Crippen molar-refractivity contribution in [3.63, 3.8) is 0 Å². The fraction of sp³-hybridized carbons (Fsp3) is 0.800. The lowest BCUT2D eigenvalue weighted by Crippen LogP contribution is -2.50. The molecule has 1 rings (SSSR count). The minimum atomic E-state index is -0.698. The Balaban J connectivity index is 2.65. The molecule has 0 aromatic carbocycles. The van der Waals surface area contributed by atoms with Crippen LogP contribution in [0, 0.1) is 5.92 Å². The molecular formula is C10H18N2O3. The van der Waals surface area contributed by atoms with Crippen LogP contribution in [0.5, 0.6) is 0 Å². The molecule has 15 heavy (non-hydrogen) atoms. The molecule has 1 aliphatic heterocycles. The van der Waals surface area contributed by atoms with Crippen molar-refractivity contribution in [3.05, 3.63) is 0 Å². The second kappa shape index (κ2) is 4.28. The fourth-order valence-electron chi connectivity index (χ4n) is 1.35. The Morgan fingerprint density at radius 1 is 1.53 bits per heavy atom. The molecule has 1 saturated heterocycles. The molecule has 0 saturated carbocycles. The number of rotatable bonds is 5. The highest BCUT2D eigenvalue weighted by atomic mass is 16.6. The normalized spacial score (nSPS) is 26.2. The van der Waals surface area contributed by atoms with Crippen LogP contribution in [0.3, 0.4) is 0 Å². The average molecular weight is 214 g/mol. The van der Waals surface area contributed by atoms with E-state index in [-0.39, 0.29) is 24.2 Å². The smallest absolute Gasteiger partial charge is 0.234 e. The van der Waals surface area contributed by atoms with Crippen LogP contribution < -0.4 is 11.1 Å². The molecule has 0 bridgehead atoms. The Bertz CT molecular complexity index is 272. The zero-order chi connectivity index (χ0) is 11.6. The van der Waals surface area contributed by atoms with Crippen molar-refractivity contribution in [2.75, 3.05) is 13.2 Å². The lowest BCUT2D eigenvalue weighted by molar-refractivity contribution is -0.131. The molecule has 5 nitrogen and oxygen atoms in total. The summed E-state index contributed by atoms with van der Waals surface area (Å²) in [5.74, 6) is -0.348. The van der Waals surface area contributed by atoms with Gasteiger partial charge >= 0.3 is 0 Å². The van der Waals surface area contributed by atoms with E-state index in [1.165, 1.54) is 0 Å². The quantitative estimate of drug-likeness (QED) is 0.601. The van der Waals surface area contributed by atoms with Gasteiger partial charge in [0.15, 0.2) is 5.78 Å². The topological polar surface area (TPSA) is 84.7 Å². The van der Waals surface area contributed by atoms with Gasteiger partial charge in [0.05, 0.1) is 19.2 Å². The van der Waals surface area contributed by atoms with Gasteiger partial charge in [0.2, 0.25) is 5.91 Å². The van der Waals surface area contributed by atoms with Crippen LogP contribution in [-0.2, 0) is 14.3 Å². The second-order valence-electron chi connectivity index (χ2n) is 4.38. The molecule has 5 heteroatoms. The molecule has 1 fully saturated rings. The molecular weight excluding hydrogens is 196 g/mol. The summed E-state index contributed by atoms with van der Waals surface area (Å²) in [5, 5.41) is 2.62. The van der Waals surface area contributed by atoms with E-state index in [4.69, 9.17) is 10.5 Å². The first kappa shape index (κ1) is 12.1. The Morgan fingerprint density at radius 3 is 2.40 bits per heavy atom. The number of nitrogens with one attached hydrogen (secondary N) is 1. The minimum absolute atomic E-state index is 0.0361. The number of Topliss-reactive ketones (excluding diaryl/α,β-unsaturated/α-hetero) is 1. The van der Waals surface area contributed by atoms with E-state index < -0.39 is 11.6 Å². The Kier molecular flexibility index (Phi) is 3.46. The van der Waals surface area contributed by atoms with Crippen LogP contribution >= 0.6 is 0 Å². The van der Waals surface area contributed by atoms with Gasteiger partial charge in [-0.25, -0.2) is 0 Å². The first-order chi connectivity index (χ1) is 6.90. The molecule has 1 amide bonds. The number of nitrogens with two attached hydrogens (primary N) is 1. The zero-order valence-electron chi connectivity index (χ0n) is 9.37. The maximum Gasteiger partial charge on any atom is 0.234 e. The van der Waals surface area contributed by atoms with Crippen molar-refractivity contribution >= 4 is 11.7 Å². The molecule has 0 spiro atoms. The lowest BCUT2D eigenvalue weighted by atomic mass is 9.92. The Morgan fingerprint density at radius 2 is 2.07 bits per heavy atom. The Labute approximate surface area is 89.3 Å². The molecule has 0 aromatic rings. The van der Waals surface area contributed by atoms with Gasteiger partial charge in [-0.05, 0) is 12.8 Å². The molecule has 0 aliphatic carbocycles. The summed E-state index contributed by atoms with van der Waals surface area (Å²) in [7, 11) is 0. The number of carbonyl (C=O) groups excluding carboxylic acids is 2. The van der Waals surface area contributed by atoms with E-state index in [2.05, 4.69) is 5.32 Å². The van der Waals surface area contributed by atoms with Crippen molar-refractivity contribution in [1.82, 2.24) is 5.32 Å². The van der Waals surface area contributed by atoms with Gasteiger partial charge in [0.1, 0.15) is 5.60 Å². The Hall–Kier alpha value is -0.940. The molecule has 86 valence electrons. The maximum absolute atomic E-state index is 11.9. The van der Waals surface area contributed by atoms with Crippen LogP contribution in [0.2, 0.25) is 0 Å². The van der Waals surface area contributed by atoms with Gasteiger partial charge in [-0.3, -0.25) is 9.59 Å². The number of amides is 1. The van der Waals surface area contributed by atoms with Crippen molar-refractivity contribution in [2.24, 2.45) is 11.7 Å². The summed E-state index contributed by atoms with van der Waals surface area (Å²) in [6.45, 7) is 5.83. The summed E-state index contributed by atoms with van der Waals surface area (Å²) in [6.07, 6.45) is 0. The van der Waals surface area contributed by atoms with Crippen molar-refractivity contribution in [3.8, 4) is 0 Å². The molecule has 3 N–H and O–H groups in total. The van der Waals surface area contributed by atoms with Gasteiger partial charge in [-0.1, -0.05) is 13.8 Å². The maximum atomic E-state index is 11.9. The van der Waals surface area contributed by atoms with Crippen LogP contribution in [0.1, 0.15) is 20.8 Å². The average Bonchev–Trinajstić information content (AvgIpc) is 2.92. The van der Waals surface area contributed by atoms with Crippen molar-refractivity contribution in [2.45, 2.75) is 32.4 Å². The van der Waals surface area contributed by atoms with Gasteiger partial charge < -0.3 is 15.8 Å². The molecule has 0 radical (unpaired) electrons. The van der Waals surface area contributed by atoms with Crippen LogP contribution in [0.15, 0.2) is 0 Å². The van der Waals surface area contributed by atoms with Crippen molar-refractivity contribution < 1.29 is 14.3 Å². The number of hydrogen-bond donors (Lipinski definition) is 2.